The van der Waals surface area contributed by atoms with Crippen LogP contribution in [-0.4, -0.2) is 5.78 Å². The smallest absolute Gasteiger partial charge is 0.270 e. The number of hydrogen-bond acceptors (Lipinski definition) is 3. The molecule has 2 aliphatic carbocycles. The summed E-state index contributed by atoms with van der Waals surface area (Å²) < 4.78 is 0. The van der Waals surface area contributed by atoms with Gasteiger partial charge in [0, 0.05) is 43.6 Å². The van der Waals surface area contributed by atoms with E-state index in [-0.39, 0.29) is 16.9 Å². The number of benzene rings is 3. The molecule has 0 radical (unpaired) electrons. The Kier molecular flexibility index (Phi) is 6.40. The largest absolute Gasteiger partial charge is 0.313 e. The zero-order valence-electron chi connectivity index (χ0n) is 21.0. The molecule has 1 heterocycles. The highest BCUT2D eigenvalue weighted by Gasteiger charge is 2.48. The van der Waals surface area contributed by atoms with Crippen molar-refractivity contribution >= 4 is 45.9 Å². The number of carbonyl (C=O) groups is 1. The highest BCUT2D eigenvalue weighted by Crippen LogP contribution is 2.58. The minimum Gasteiger partial charge on any atom is -0.313 e. The van der Waals surface area contributed by atoms with Gasteiger partial charge in [-0.25, -0.2) is 10.1 Å². The van der Waals surface area contributed by atoms with Crippen LogP contribution >= 0.6 is 23.2 Å². The quantitative estimate of drug-likeness (QED) is 0.182. The van der Waals surface area contributed by atoms with Crippen molar-refractivity contribution in [1.82, 2.24) is 0 Å². The average molecular weight is 548 g/mol. The van der Waals surface area contributed by atoms with Gasteiger partial charge in [0.1, 0.15) is 0 Å². The number of ketones is 1. The molecule has 3 aromatic rings. The fourth-order valence-corrected chi connectivity index (χ4v) is 6.67. The van der Waals surface area contributed by atoms with Gasteiger partial charge in [-0.3, -0.25) is 4.79 Å². The molecular weight excluding hydrogens is 525 g/mol. The standard InChI is InChI=1S/C33H23Cl2N3O/c1-37-28(20-36)31-24-7-3-4-8-25(24)32(39)26(31)14-16-30-33(17-5-2-6-18-33)27-19-22(35)11-15-29(27)38(30)23-12-9-21(34)10-13-23/h3-4,7-16,19H,2,5-6,17-18H2/b26-14-,30-16+,31-28-. The second kappa shape index (κ2) is 9.90. The topological polar surface area (TPSA) is 48.5 Å². The van der Waals surface area contributed by atoms with Gasteiger partial charge in [0.25, 0.3) is 5.70 Å². The number of nitriles is 1. The van der Waals surface area contributed by atoms with Crippen LogP contribution in [0.2, 0.25) is 10.0 Å². The third kappa shape index (κ3) is 4.00. The van der Waals surface area contributed by atoms with E-state index in [2.05, 4.69) is 21.9 Å². The van der Waals surface area contributed by atoms with Crippen molar-refractivity contribution < 1.29 is 4.79 Å². The maximum atomic E-state index is 13.6. The van der Waals surface area contributed by atoms with Crippen LogP contribution in [0.1, 0.15) is 53.6 Å². The molecule has 4 nitrogen and oxygen atoms in total. The molecule has 39 heavy (non-hydrogen) atoms. The summed E-state index contributed by atoms with van der Waals surface area (Å²) in [5, 5.41) is 11.1. The van der Waals surface area contributed by atoms with Gasteiger partial charge >= 0.3 is 0 Å². The Labute approximate surface area is 237 Å². The van der Waals surface area contributed by atoms with Crippen molar-refractivity contribution in [3.63, 3.8) is 0 Å². The van der Waals surface area contributed by atoms with E-state index in [0.717, 1.165) is 42.8 Å². The van der Waals surface area contributed by atoms with E-state index in [0.29, 0.717) is 32.3 Å². The Morgan fingerprint density at radius 3 is 2.33 bits per heavy atom. The minimum absolute atomic E-state index is 0.0821. The minimum atomic E-state index is -0.272. The van der Waals surface area contributed by atoms with Crippen LogP contribution in [0.15, 0.2) is 95.8 Å². The molecule has 0 N–H and O–H groups in total. The first-order valence-electron chi connectivity index (χ1n) is 12.9. The summed E-state index contributed by atoms with van der Waals surface area (Å²) in [6, 6.07) is 23.0. The second-order valence-corrected chi connectivity index (χ2v) is 10.9. The number of anilines is 2. The normalized spacial score (nSPS) is 20.6. The maximum absolute atomic E-state index is 13.6. The highest BCUT2D eigenvalue weighted by atomic mass is 35.5. The zero-order chi connectivity index (χ0) is 27.1. The van der Waals surface area contributed by atoms with Gasteiger partial charge in [0.05, 0.1) is 18.3 Å². The van der Waals surface area contributed by atoms with Crippen molar-refractivity contribution in [3.05, 3.63) is 134 Å². The van der Waals surface area contributed by atoms with Crippen LogP contribution in [0.5, 0.6) is 0 Å². The summed E-state index contributed by atoms with van der Waals surface area (Å²) in [6.45, 7) is 7.61. The van der Waals surface area contributed by atoms with Gasteiger partial charge in [0.15, 0.2) is 5.78 Å². The third-order valence-electron chi connectivity index (χ3n) is 8.06. The van der Waals surface area contributed by atoms with Crippen molar-refractivity contribution in [3.8, 4) is 6.07 Å². The van der Waals surface area contributed by atoms with Crippen LogP contribution in [0, 0.1) is 17.9 Å². The lowest BCUT2D eigenvalue weighted by Crippen LogP contribution is -2.31. The lowest BCUT2D eigenvalue weighted by molar-refractivity contribution is 0.104. The number of allylic oxidation sites excluding steroid dienone is 6. The van der Waals surface area contributed by atoms with Crippen LogP contribution in [0.4, 0.5) is 11.4 Å². The molecule has 1 aliphatic heterocycles. The number of rotatable bonds is 2. The Balaban J connectivity index is 1.61. The molecule has 6 heteroatoms. The Bertz CT molecular complexity index is 1680. The third-order valence-corrected chi connectivity index (χ3v) is 8.54. The molecule has 3 aromatic carbocycles. The summed E-state index contributed by atoms with van der Waals surface area (Å²) in [5.41, 5.74) is 5.82. The van der Waals surface area contributed by atoms with E-state index in [1.165, 1.54) is 12.0 Å². The predicted molar refractivity (Wildman–Crippen MR) is 156 cm³/mol. The number of carbonyl (C=O) groups excluding carboxylic acids is 1. The molecule has 0 aromatic heterocycles. The maximum Gasteiger partial charge on any atom is 0.270 e. The number of Topliss-reactive ketones (excluding diaryl/α,β-unsaturated/α-hetero) is 1. The molecule has 0 unspecified atom stereocenters. The lowest BCUT2D eigenvalue weighted by atomic mass is 9.68. The molecule has 1 saturated carbocycles. The van der Waals surface area contributed by atoms with Gasteiger partial charge in [-0.1, -0.05) is 66.7 Å². The van der Waals surface area contributed by atoms with E-state index in [4.69, 9.17) is 29.8 Å². The zero-order valence-corrected chi connectivity index (χ0v) is 22.6. The first-order valence-corrected chi connectivity index (χ1v) is 13.7. The van der Waals surface area contributed by atoms with Gasteiger partial charge in [-0.2, -0.15) is 0 Å². The monoisotopic (exact) mass is 547 g/mol. The Morgan fingerprint density at radius 2 is 1.64 bits per heavy atom. The number of fused-ring (bicyclic) bond motifs is 3. The number of hydrogen-bond donors (Lipinski definition) is 0. The van der Waals surface area contributed by atoms with Gasteiger partial charge in [-0.15, -0.1) is 0 Å². The molecule has 1 spiro atoms. The van der Waals surface area contributed by atoms with Crippen LogP contribution in [0.3, 0.4) is 0 Å². The van der Waals surface area contributed by atoms with Crippen molar-refractivity contribution in [2.75, 3.05) is 4.90 Å². The van der Waals surface area contributed by atoms with E-state index >= 15 is 0 Å². The molecule has 0 amide bonds. The van der Waals surface area contributed by atoms with E-state index in [1.807, 2.05) is 54.6 Å². The van der Waals surface area contributed by atoms with Gasteiger partial charge in [-0.05, 0) is 78.6 Å². The molecule has 0 bridgehead atoms. The van der Waals surface area contributed by atoms with E-state index < -0.39 is 0 Å². The number of nitrogens with zero attached hydrogens (tertiary/aromatic N) is 3. The molecule has 6 rings (SSSR count). The van der Waals surface area contributed by atoms with Crippen LogP contribution < -0.4 is 4.90 Å². The summed E-state index contributed by atoms with van der Waals surface area (Å²) in [7, 11) is 0. The Hall–Kier alpha value is -4.09. The summed E-state index contributed by atoms with van der Waals surface area (Å²) >= 11 is 12.8. The average Bonchev–Trinajstić information content (AvgIpc) is 3.38. The predicted octanol–water partition coefficient (Wildman–Crippen LogP) is 9.21. The molecule has 190 valence electrons. The van der Waals surface area contributed by atoms with Crippen molar-refractivity contribution in [2.24, 2.45) is 0 Å². The van der Waals surface area contributed by atoms with Crippen LogP contribution in [-0.2, 0) is 5.41 Å². The first kappa shape index (κ1) is 25.2. The summed E-state index contributed by atoms with van der Waals surface area (Å²) in [6.07, 6.45) is 9.09. The van der Waals surface area contributed by atoms with Crippen molar-refractivity contribution in [1.29, 1.82) is 5.26 Å². The van der Waals surface area contributed by atoms with Crippen molar-refractivity contribution in [2.45, 2.75) is 37.5 Å². The van der Waals surface area contributed by atoms with E-state index in [9.17, 15) is 10.1 Å². The molecule has 0 atom stereocenters. The van der Waals surface area contributed by atoms with Gasteiger partial charge < -0.3 is 4.90 Å². The second-order valence-electron chi connectivity index (χ2n) is 10.1. The molecule has 3 aliphatic rings. The van der Waals surface area contributed by atoms with Gasteiger partial charge in [0.2, 0.25) is 0 Å². The first-order chi connectivity index (χ1) is 19.0. The molecule has 1 fully saturated rings. The lowest BCUT2D eigenvalue weighted by Gasteiger charge is -2.37. The van der Waals surface area contributed by atoms with E-state index in [1.54, 1.807) is 18.2 Å². The van der Waals surface area contributed by atoms with Crippen LogP contribution in [0.25, 0.3) is 10.4 Å². The summed E-state index contributed by atoms with van der Waals surface area (Å²) in [5.74, 6) is -0.178. The number of halogens is 2. The molecule has 0 saturated heterocycles. The Morgan fingerprint density at radius 1 is 0.949 bits per heavy atom. The fourth-order valence-electron chi connectivity index (χ4n) is 6.37. The fraction of sp³-hybridized carbons (Fsp3) is 0.182. The summed E-state index contributed by atoms with van der Waals surface area (Å²) in [4.78, 5) is 19.3. The molecular formula is C33H23Cl2N3O. The SMILES string of the molecule is [C-]#[N+]\C(C#N)=C1/C(=C/C=C2/N(c3ccc(Cl)cc3)c3ccc(Cl)cc3C23CCCCC3)C(=O)c2ccccc21. The highest BCUT2D eigenvalue weighted by molar-refractivity contribution is 6.31.